The summed E-state index contributed by atoms with van der Waals surface area (Å²) in [5.41, 5.74) is 2.46. The molecule has 1 saturated heterocycles. The molecule has 6 rings (SSSR count). The van der Waals surface area contributed by atoms with Crippen molar-refractivity contribution in [2.24, 2.45) is 0 Å². The molecular weight excluding hydrogens is 484 g/mol. The normalized spacial score (nSPS) is 17.2. The van der Waals surface area contributed by atoms with Gasteiger partial charge in [-0.1, -0.05) is 12.8 Å². The van der Waals surface area contributed by atoms with E-state index in [2.05, 4.69) is 24.3 Å². The predicted octanol–water partition coefficient (Wildman–Crippen LogP) is 6.09. The van der Waals surface area contributed by atoms with E-state index in [0.717, 1.165) is 71.9 Å². The van der Waals surface area contributed by atoms with Crippen LogP contribution in [0, 0.1) is 5.82 Å². The minimum absolute atomic E-state index is 0.282. The number of hydrogen-bond donors (Lipinski definition) is 0. The summed E-state index contributed by atoms with van der Waals surface area (Å²) >= 11 is 0. The highest BCUT2D eigenvalue weighted by molar-refractivity contribution is 5.87. The zero-order valence-electron chi connectivity index (χ0n) is 20.1. The molecule has 2 aromatic heterocycles. The van der Waals surface area contributed by atoms with Crippen LogP contribution in [0.5, 0.6) is 0 Å². The van der Waals surface area contributed by atoms with E-state index in [4.69, 9.17) is 4.98 Å². The van der Waals surface area contributed by atoms with Crippen molar-refractivity contribution in [3.05, 3.63) is 66.2 Å². The Bertz CT molecular complexity index is 1380. The summed E-state index contributed by atoms with van der Waals surface area (Å²) < 4.78 is 54.6. The molecule has 0 amide bonds. The van der Waals surface area contributed by atoms with Crippen LogP contribution in [0.15, 0.2) is 54.9 Å². The van der Waals surface area contributed by atoms with Gasteiger partial charge in [0.1, 0.15) is 18.0 Å². The van der Waals surface area contributed by atoms with E-state index < -0.39 is 11.7 Å². The first-order valence-corrected chi connectivity index (χ1v) is 12.5. The van der Waals surface area contributed by atoms with Crippen molar-refractivity contribution in [3.63, 3.8) is 0 Å². The lowest BCUT2D eigenvalue weighted by Gasteiger charge is -2.36. The van der Waals surface area contributed by atoms with Crippen LogP contribution in [-0.2, 0) is 6.18 Å². The number of aromatic nitrogens is 4. The third-order valence-corrected chi connectivity index (χ3v) is 7.39. The Morgan fingerprint density at radius 1 is 0.784 bits per heavy atom. The van der Waals surface area contributed by atoms with Crippen molar-refractivity contribution in [2.75, 3.05) is 36.0 Å². The first kappa shape index (κ1) is 23.7. The van der Waals surface area contributed by atoms with E-state index in [0.29, 0.717) is 26.2 Å². The fourth-order valence-corrected chi connectivity index (χ4v) is 5.48. The van der Waals surface area contributed by atoms with E-state index in [1.165, 1.54) is 24.3 Å². The fraction of sp³-hybridized carbons (Fsp3) is 0.370. The van der Waals surface area contributed by atoms with Crippen molar-refractivity contribution in [2.45, 2.75) is 37.9 Å². The zero-order chi connectivity index (χ0) is 25.6. The van der Waals surface area contributed by atoms with Crippen molar-refractivity contribution in [3.8, 4) is 11.4 Å². The van der Waals surface area contributed by atoms with Gasteiger partial charge in [0.2, 0.25) is 0 Å². The van der Waals surface area contributed by atoms with E-state index in [1.54, 1.807) is 18.5 Å². The molecule has 37 heavy (non-hydrogen) atoms. The standard InChI is InChI=1S/C27H26F4N6/c28-20-9-5-18(6-10-20)24-34-23-25(32-17-33-26(23)37(24)22-3-1-2-4-22)36-15-13-35(14-16-36)21-11-7-19(8-12-21)27(29,30)31/h5-12,17,22H,1-4,13-16H2. The van der Waals surface area contributed by atoms with Crippen LogP contribution in [0.2, 0.25) is 0 Å². The Morgan fingerprint density at radius 3 is 2.08 bits per heavy atom. The van der Waals surface area contributed by atoms with Crippen molar-refractivity contribution >= 4 is 22.7 Å². The van der Waals surface area contributed by atoms with Gasteiger partial charge in [-0.15, -0.1) is 0 Å². The van der Waals surface area contributed by atoms with Crippen LogP contribution in [-0.4, -0.2) is 45.7 Å². The molecule has 0 atom stereocenters. The van der Waals surface area contributed by atoms with Gasteiger partial charge in [0.15, 0.2) is 17.0 Å². The quantitative estimate of drug-likeness (QED) is 0.311. The molecule has 10 heteroatoms. The number of fused-ring (bicyclic) bond motifs is 1. The van der Waals surface area contributed by atoms with Gasteiger partial charge in [0, 0.05) is 43.5 Å². The highest BCUT2D eigenvalue weighted by Crippen LogP contribution is 2.38. The molecule has 0 bridgehead atoms. The highest BCUT2D eigenvalue weighted by Gasteiger charge is 2.31. The number of piperazine rings is 1. The number of nitrogens with zero attached hydrogens (tertiary/aromatic N) is 6. The van der Waals surface area contributed by atoms with Crippen LogP contribution in [0.3, 0.4) is 0 Å². The summed E-state index contributed by atoms with van der Waals surface area (Å²) in [5, 5.41) is 0. The number of benzene rings is 2. The number of anilines is 2. The van der Waals surface area contributed by atoms with E-state index in [-0.39, 0.29) is 11.9 Å². The van der Waals surface area contributed by atoms with Crippen LogP contribution in [0.4, 0.5) is 29.1 Å². The van der Waals surface area contributed by atoms with E-state index >= 15 is 0 Å². The molecule has 2 aromatic carbocycles. The summed E-state index contributed by atoms with van der Waals surface area (Å²) in [6.45, 7) is 2.58. The van der Waals surface area contributed by atoms with Crippen LogP contribution in [0.25, 0.3) is 22.6 Å². The van der Waals surface area contributed by atoms with Gasteiger partial charge in [0.05, 0.1) is 5.56 Å². The van der Waals surface area contributed by atoms with Gasteiger partial charge >= 0.3 is 6.18 Å². The summed E-state index contributed by atoms with van der Waals surface area (Å²) in [5.74, 6) is 1.22. The molecule has 2 fully saturated rings. The lowest BCUT2D eigenvalue weighted by atomic mass is 10.1. The molecule has 192 valence electrons. The molecule has 3 heterocycles. The van der Waals surface area contributed by atoms with Crippen LogP contribution >= 0.6 is 0 Å². The second-order valence-electron chi connectivity index (χ2n) is 9.64. The maximum atomic E-state index is 13.6. The molecule has 1 saturated carbocycles. The van der Waals surface area contributed by atoms with Crippen molar-refractivity contribution in [1.82, 2.24) is 19.5 Å². The zero-order valence-corrected chi connectivity index (χ0v) is 20.1. The van der Waals surface area contributed by atoms with Crippen LogP contribution in [0.1, 0.15) is 37.3 Å². The summed E-state index contributed by atoms with van der Waals surface area (Å²) in [4.78, 5) is 18.4. The molecular formula is C27H26F4N6. The van der Waals surface area contributed by atoms with E-state index in [1.807, 2.05) is 0 Å². The minimum Gasteiger partial charge on any atom is -0.368 e. The second kappa shape index (κ2) is 9.32. The largest absolute Gasteiger partial charge is 0.416 e. The Morgan fingerprint density at radius 2 is 1.43 bits per heavy atom. The Kier molecular flexibility index (Phi) is 5.97. The topological polar surface area (TPSA) is 50.1 Å². The van der Waals surface area contributed by atoms with Gasteiger partial charge in [-0.3, -0.25) is 0 Å². The molecule has 4 aromatic rings. The molecule has 1 aliphatic carbocycles. The SMILES string of the molecule is Fc1ccc(-c2nc3c(N4CCN(c5ccc(C(F)(F)F)cc5)CC4)ncnc3n2C2CCCC2)cc1. The van der Waals surface area contributed by atoms with Gasteiger partial charge in [-0.2, -0.15) is 13.2 Å². The minimum atomic E-state index is -4.34. The Labute approximate surface area is 211 Å². The van der Waals surface area contributed by atoms with Gasteiger partial charge in [-0.05, 0) is 61.4 Å². The number of halogens is 4. The predicted molar refractivity (Wildman–Crippen MR) is 134 cm³/mol. The summed E-state index contributed by atoms with van der Waals surface area (Å²) in [6, 6.07) is 12.0. The number of alkyl halides is 3. The summed E-state index contributed by atoms with van der Waals surface area (Å²) in [7, 11) is 0. The van der Waals surface area contributed by atoms with Crippen molar-refractivity contribution in [1.29, 1.82) is 0 Å². The number of imidazole rings is 1. The van der Waals surface area contributed by atoms with Gasteiger partial charge < -0.3 is 14.4 Å². The van der Waals surface area contributed by atoms with Crippen LogP contribution < -0.4 is 9.80 Å². The smallest absolute Gasteiger partial charge is 0.368 e. The lowest BCUT2D eigenvalue weighted by molar-refractivity contribution is -0.137. The molecule has 6 nitrogen and oxygen atoms in total. The monoisotopic (exact) mass is 510 g/mol. The molecule has 0 spiro atoms. The second-order valence-corrected chi connectivity index (χ2v) is 9.64. The third-order valence-electron chi connectivity index (χ3n) is 7.39. The molecule has 0 radical (unpaired) electrons. The molecule has 2 aliphatic rings. The number of rotatable bonds is 4. The number of hydrogen-bond acceptors (Lipinski definition) is 5. The van der Waals surface area contributed by atoms with Crippen molar-refractivity contribution < 1.29 is 17.6 Å². The Balaban J connectivity index is 1.30. The first-order valence-electron chi connectivity index (χ1n) is 12.5. The highest BCUT2D eigenvalue weighted by atomic mass is 19.4. The summed E-state index contributed by atoms with van der Waals surface area (Å²) in [6.07, 6.45) is 1.62. The van der Waals surface area contributed by atoms with Gasteiger partial charge in [-0.25, -0.2) is 19.3 Å². The fourth-order valence-electron chi connectivity index (χ4n) is 5.48. The van der Waals surface area contributed by atoms with Gasteiger partial charge in [0.25, 0.3) is 0 Å². The maximum absolute atomic E-state index is 13.6. The third kappa shape index (κ3) is 4.49. The van der Waals surface area contributed by atoms with E-state index in [9.17, 15) is 17.6 Å². The first-order chi connectivity index (χ1) is 17.9. The Hall–Kier alpha value is -3.69. The average Bonchev–Trinajstić information content (AvgIpc) is 3.57. The molecule has 1 aliphatic heterocycles. The maximum Gasteiger partial charge on any atom is 0.416 e. The molecule has 0 unspecified atom stereocenters. The average molecular weight is 511 g/mol. The molecule has 0 N–H and O–H groups in total. The lowest BCUT2D eigenvalue weighted by Crippen LogP contribution is -2.47.